The second-order valence-electron chi connectivity index (χ2n) is 5.40. The number of amides is 1. The van der Waals surface area contributed by atoms with Gasteiger partial charge in [0.15, 0.2) is 0 Å². The summed E-state index contributed by atoms with van der Waals surface area (Å²) in [4.78, 5) is 14.3. The third kappa shape index (κ3) is 3.28. The summed E-state index contributed by atoms with van der Waals surface area (Å²) in [5.41, 5.74) is 1.12. The second-order valence-corrected chi connectivity index (χ2v) is 5.40. The third-order valence-electron chi connectivity index (χ3n) is 4.21. The summed E-state index contributed by atoms with van der Waals surface area (Å²) >= 11 is 0. The number of carbonyl (C=O) groups excluding carboxylic acids is 1. The van der Waals surface area contributed by atoms with E-state index in [0.717, 1.165) is 31.6 Å². The van der Waals surface area contributed by atoms with Crippen molar-refractivity contribution in [3.8, 4) is 0 Å². The number of rotatable bonds is 2. The average Bonchev–Trinajstić information content (AvgIpc) is 2.87. The van der Waals surface area contributed by atoms with Gasteiger partial charge in [0.2, 0.25) is 5.91 Å². The highest BCUT2D eigenvalue weighted by Gasteiger charge is 2.34. The number of fused-ring (bicyclic) bond motifs is 1. The molecule has 0 aromatic heterocycles. The number of hydrogen-bond acceptors (Lipinski definition) is 2. The molecule has 3 nitrogen and oxygen atoms in total. The van der Waals surface area contributed by atoms with Crippen molar-refractivity contribution >= 4 is 18.3 Å². The monoisotopic (exact) mass is 280 g/mol. The minimum Gasteiger partial charge on any atom is -0.342 e. The van der Waals surface area contributed by atoms with Crippen LogP contribution in [-0.2, 0) is 11.2 Å². The Morgan fingerprint density at radius 1 is 1.26 bits per heavy atom. The van der Waals surface area contributed by atoms with Crippen LogP contribution in [0.1, 0.15) is 18.4 Å². The molecule has 1 aromatic rings. The van der Waals surface area contributed by atoms with Gasteiger partial charge in [0, 0.05) is 19.1 Å². The van der Waals surface area contributed by atoms with Crippen LogP contribution in [0.3, 0.4) is 0 Å². The quantitative estimate of drug-likeness (QED) is 0.897. The lowest BCUT2D eigenvalue weighted by atomic mass is 9.93. The number of halogens is 1. The average molecular weight is 281 g/mol. The van der Waals surface area contributed by atoms with Crippen LogP contribution in [0.4, 0.5) is 0 Å². The summed E-state index contributed by atoms with van der Waals surface area (Å²) in [5, 5.41) is 3.53. The first-order chi connectivity index (χ1) is 8.83. The number of carbonyl (C=O) groups is 1. The maximum absolute atomic E-state index is 12.3. The molecule has 2 saturated heterocycles. The van der Waals surface area contributed by atoms with E-state index < -0.39 is 0 Å². The van der Waals surface area contributed by atoms with Crippen LogP contribution in [0.25, 0.3) is 0 Å². The van der Waals surface area contributed by atoms with E-state index in [1.807, 2.05) is 30.3 Å². The summed E-state index contributed by atoms with van der Waals surface area (Å²) < 4.78 is 0. The van der Waals surface area contributed by atoms with Crippen LogP contribution in [-0.4, -0.2) is 36.5 Å². The Hall–Kier alpha value is -1.06. The summed E-state index contributed by atoms with van der Waals surface area (Å²) in [6, 6.07) is 10.7. The van der Waals surface area contributed by atoms with Crippen molar-refractivity contribution in [3.05, 3.63) is 35.9 Å². The highest BCUT2D eigenvalue weighted by molar-refractivity contribution is 5.85. The lowest BCUT2D eigenvalue weighted by Crippen LogP contribution is -2.47. The van der Waals surface area contributed by atoms with Gasteiger partial charge >= 0.3 is 0 Å². The van der Waals surface area contributed by atoms with Gasteiger partial charge in [-0.1, -0.05) is 30.3 Å². The van der Waals surface area contributed by atoms with E-state index in [1.165, 1.54) is 6.42 Å². The van der Waals surface area contributed by atoms with E-state index in [4.69, 9.17) is 0 Å². The molecule has 2 fully saturated rings. The molecule has 1 aromatic carbocycles. The van der Waals surface area contributed by atoms with Gasteiger partial charge < -0.3 is 10.2 Å². The number of benzene rings is 1. The van der Waals surface area contributed by atoms with E-state index in [-0.39, 0.29) is 18.3 Å². The minimum atomic E-state index is 0. The molecule has 0 aliphatic carbocycles. The molecule has 2 aliphatic heterocycles. The van der Waals surface area contributed by atoms with Crippen LogP contribution in [0.5, 0.6) is 0 Å². The highest BCUT2D eigenvalue weighted by Crippen LogP contribution is 2.24. The number of nitrogens with one attached hydrogen (secondary N) is 1. The van der Waals surface area contributed by atoms with Crippen molar-refractivity contribution in [2.24, 2.45) is 5.92 Å². The lowest BCUT2D eigenvalue weighted by Gasteiger charge is -2.35. The van der Waals surface area contributed by atoms with Gasteiger partial charge in [-0.25, -0.2) is 0 Å². The molecule has 2 aliphatic rings. The molecule has 19 heavy (non-hydrogen) atoms. The van der Waals surface area contributed by atoms with Crippen molar-refractivity contribution in [2.45, 2.75) is 25.3 Å². The van der Waals surface area contributed by atoms with Crippen LogP contribution in [0.15, 0.2) is 30.3 Å². The summed E-state index contributed by atoms with van der Waals surface area (Å²) in [6.45, 7) is 2.99. The highest BCUT2D eigenvalue weighted by atomic mass is 35.5. The predicted octanol–water partition coefficient (Wildman–Crippen LogP) is 1.86. The topological polar surface area (TPSA) is 32.3 Å². The molecule has 0 bridgehead atoms. The Labute approximate surface area is 120 Å². The fraction of sp³-hybridized carbons (Fsp3) is 0.533. The van der Waals surface area contributed by atoms with E-state index in [1.54, 1.807) is 0 Å². The van der Waals surface area contributed by atoms with Gasteiger partial charge in [0.05, 0.1) is 6.42 Å². The Morgan fingerprint density at radius 2 is 2.05 bits per heavy atom. The van der Waals surface area contributed by atoms with Crippen molar-refractivity contribution in [2.75, 3.05) is 19.6 Å². The Morgan fingerprint density at radius 3 is 2.84 bits per heavy atom. The van der Waals surface area contributed by atoms with Crippen LogP contribution < -0.4 is 5.32 Å². The van der Waals surface area contributed by atoms with Crippen LogP contribution >= 0.6 is 12.4 Å². The van der Waals surface area contributed by atoms with Crippen molar-refractivity contribution in [3.63, 3.8) is 0 Å². The Bertz CT molecular complexity index is 423. The molecule has 2 unspecified atom stereocenters. The third-order valence-corrected chi connectivity index (χ3v) is 4.21. The van der Waals surface area contributed by atoms with Crippen molar-refractivity contribution in [1.29, 1.82) is 0 Å². The normalized spacial score (nSPS) is 25.6. The van der Waals surface area contributed by atoms with Gasteiger partial charge in [-0.2, -0.15) is 0 Å². The zero-order valence-corrected chi connectivity index (χ0v) is 11.9. The van der Waals surface area contributed by atoms with Gasteiger partial charge in [0.1, 0.15) is 0 Å². The fourth-order valence-corrected chi connectivity index (χ4v) is 3.16. The van der Waals surface area contributed by atoms with Crippen LogP contribution in [0.2, 0.25) is 0 Å². The molecule has 3 rings (SSSR count). The number of hydrogen-bond donors (Lipinski definition) is 1. The molecule has 2 heterocycles. The standard InChI is InChI=1S/C15H20N2O.ClH/c18-15(10-12-4-2-1-3-5-12)17-9-7-14-13(11-17)6-8-16-14;/h1-5,13-14,16H,6-11H2;1H. The minimum absolute atomic E-state index is 0. The number of likely N-dealkylation sites (tertiary alicyclic amines) is 1. The second kappa shape index (κ2) is 6.40. The zero-order valence-electron chi connectivity index (χ0n) is 11.0. The van der Waals surface area contributed by atoms with Gasteiger partial charge in [-0.05, 0) is 30.9 Å². The first-order valence-corrected chi connectivity index (χ1v) is 6.88. The smallest absolute Gasteiger partial charge is 0.227 e. The molecule has 104 valence electrons. The first-order valence-electron chi connectivity index (χ1n) is 6.88. The van der Waals surface area contributed by atoms with Crippen molar-refractivity contribution in [1.82, 2.24) is 10.2 Å². The molecular weight excluding hydrogens is 260 g/mol. The molecule has 4 heteroatoms. The largest absolute Gasteiger partial charge is 0.342 e. The molecule has 2 atom stereocenters. The van der Waals surface area contributed by atoms with Crippen molar-refractivity contribution < 1.29 is 4.79 Å². The molecular formula is C15H21ClN2O. The zero-order chi connectivity index (χ0) is 12.4. The Kier molecular flexibility index (Phi) is 4.83. The predicted molar refractivity (Wildman–Crippen MR) is 78.5 cm³/mol. The van der Waals surface area contributed by atoms with Gasteiger partial charge in [0.25, 0.3) is 0 Å². The Balaban J connectivity index is 0.00000133. The van der Waals surface area contributed by atoms with Crippen LogP contribution in [0, 0.1) is 5.92 Å². The summed E-state index contributed by atoms with van der Waals surface area (Å²) in [7, 11) is 0. The number of piperidine rings is 1. The molecule has 1 N–H and O–H groups in total. The number of nitrogens with zero attached hydrogens (tertiary/aromatic N) is 1. The molecule has 0 radical (unpaired) electrons. The van der Waals surface area contributed by atoms with E-state index in [9.17, 15) is 4.79 Å². The van der Waals surface area contributed by atoms with Gasteiger partial charge in [-0.15, -0.1) is 12.4 Å². The summed E-state index contributed by atoms with van der Waals surface area (Å²) in [5.74, 6) is 0.963. The van der Waals surface area contributed by atoms with E-state index >= 15 is 0 Å². The lowest BCUT2D eigenvalue weighted by molar-refractivity contribution is -0.132. The SMILES string of the molecule is Cl.O=C(Cc1ccccc1)N1CCC2NCCC2C1. The van der Waals surface area contributed by atoms with E-state index in [0.29, 0.717) is 18.4 Å². The maximum Gasteiger partial charge on any atom is 0.227 e. The molecule has 0 saturated carbocycles. The van der Waals surface area contributed by atoms with E-state index in [2.05, 4.69) is 10.2 Å². The molecule has 0 spiro atoms. The van der Waals surface area contributed by atoms with Gasteiger partial charge in [-0.3, -0.25) is 4.79 Å². The molecule has 1 amide bonds. The fourth-order valence-electron chi connectivity index (χ4n) is 3.16. The first kappa shape index (κ1) is 14.4. The summed E-state index contributed by atoms with van der Waals surface area (Å²) in [6.07, 6.45) is 2.89. The maximum atomic E-state index is 12.3.